The summed E-state index contributed by atoms with van der Waals surface area (Å²) in [5.74, 6) is 0. The Morgan fingerprint density at radius 1 is 0.750 bits per heavy atom. The van der Waals surface area contributed by atoms with Crippen LogP contribution in [-0.2, 0) is 20.0 Å². The number of sulfonamides is 2. The molecule has 0 amide bonds. The highest BCUT2D eigenvalue weighted by Gasteiger charge is 2.20. The zero-order valence-electron chi connectivity index (χ0n) is 13.9. The quantitative estimate of drug-likeness (QED) is 0.847. The van der Waals surface area contributed by atoms with E-state index in [9.17, 15) is 16.8 Å². The van der Waals surface area contributed by atoms with Crippen LogP contribution in [-0.4, -0.2) is 23.9 Å². The van der Waals surface area contributed by atoms with Crippen LogP contribution in [0.15, 0.2) is 46.2 Å². The topological polar surface area (TPSA) is 92.3 Å². The molecular weight excluding hydrogens is 348 g/mol. The van der Waals surface area contributed by atoms with Crippen molar-refractivity contribution in [2.45, 2.75) is 30.6 Å². The van der Waals surface area contributed by atoms with Crippen molar-refractivity contribution < 1.29 is 16.8 Å². The molecule has 24 heavy (non-hydrogen) atoms. The van der Waals surface area contributed by atoms with Gasteiger partial charge in [0, 0.05) is 0 Å². The molecule has 0 bridgehead atoms. The second kappa shape index (κ2) is 6.54. The third-order valence-corrected chi connectivity index (χ3v) is 6.71. The minimum atomic E-state index is -3.81. The first-order valence-corrected chi connectivity index (χ1v) is 10.2. The standard InChI is InChI=1S/C16H20N2O4S2/c1-11-5-6-12(2)15(9-11)24(21,22)18-14-8-7-13(3)16(10-14)23(19,20)17-4/h5-10,17-18H,1-4H3. The summed E-state index contributed by atoms with van der Waals surface area (Å²) in [6, 6.07) is 9.55. The summed E-state index contributed by atoms with van der Waals surface area (Å²) in [6.45, 7) is 5.16. The maximum absolute atomic E-state index is 12.6. The summed E-state index contributed by atoms with van der Waals surface area (Å²) in [5.41, 5.74) is 2.15. The summed E-state index contributed by atoms with van der Waals surface area (Å²) >= 11 is 0. The number of anilines is 1. The number of rotatable bonds is 5. The van der Waals surface area contributed by atoms with Crippen molar-refractivity contribution in [1.29, 1.82) is 0 Å². The Bertz CT molecular complexity index is 981. The number of aryl methyl sites for hydroxylation is 3. The number of hydrogen-bond donors (Lipinski definition) is 2. The van der Waals surface area contributed by atoms with Crippen LogP contribution >= 0.6 is 0 Å². The van der Waals surface area contributed by atoms with Gasteiger partial charge in [0.2, 0.25) is 10.0 Å². The first-order chi connectivity index (χ1) is 11.1. The Kier molecular flexibility index (Phi) is 5.03. The van der Waals surface area contributed by atoms with Gasteiger partial charge >= 0.3 is 0 Å². The first kappa shape index (κ1) is 18.4. The molecule has 0 aliphatic heterocycles. The monoisotopic (exact) mass is 368 g/mol. The molecule has 0 heterocycles. The van der Waals surface area contributed by atoms with E-state index in [1.165, 1.54) is 19.2 Å². The maximum Gasteiger partial charge on any atom is 0.262 e. The van der Waals surface area contributed by atoms with Crippen molar-refractivity contribution in [3.8, 4) is 0 Å². The predicted molar refractivity (Wildman–Crippen MR) is 94.1 cm³/mol. The van der Waals surface area contributed by atoms with Gasteiger partial charge in [-0.1, -0.05) is 18.2 Å². The van der Waals surface area contributed by atoms with Crippen molar-refractivity contribution in [1.82, 2.24) is 4.72 Å². The van der Waals surface area contributed by atoms with E-state index in [-0.39, 0.29) is 15.5 Å². The first-order valence-electron chi connectivity index (χ1n) is 7.21. The van der Waals surface area contributed by atoms with Crippen LogP contribution in [0.25, 0.3) is 0 Å². The molecule has 6 nitrogen and oxygen atoms in total. The van der Waals surface area contributed by atoms with Gasteiger partial charge in [-0.3, -0.25) is 4.72 Å². The lowest BCUT2D eigenvalue weighted by Crippen LogP contribution is -2.20. The minimum Gasteiger partial charge on any atom is -0.280 e. The number of benzene rings is 2. The van der Waals surface area contributed by atoms with Gasteiger partial charge in [0.15, 0.2) is 0 Å². The molecule has 0 fully saturated rings. The molecule has 0 aliphatic rings. The van der Waals surface area contributed by atoms with Gasteiger partial charge in [0.1, 0.15) is 0 Å². The molecule has 0 radical (unpaired) electrons. The minimum absolute atomic E-state index is 0.0335. The Morgan fingerprint density at radius 3 is 1.88 bits per heavy atom. The lowest BCUT2D eigenvalue weighted by atomic mass is 10.2. The molecule has 2 rings (SSSR count). The molecule has 0 aliphatic carbocycles. The van der Waals surface area contributed by atoms with Crippen molar-refractivity contribution >= 4 is 25.7 Å². The third kappa shape index (κ3) is 3.77. The summed E-state index contributed by atoms with van der Waals surface area (Å²) in [4.78, 5) is 0.201. The smallest absolute Gasteiger partial charge is 0.262 e. The van der Waals surface area contributed by atoms with Gasteiger partial charge in [-0.05, 0) is 62.7 Å². The third-order valence-electron chi connectivity index (χ3n) is 3.63. The fraction of sp³-hybridized carbons (Fsp3) is 0.250. The van der Waals surface area contributed by atoms with Gasteiger partial charge in [-0.15, -0.1) is 0 Å². The average molecular weight is 368 g/mol. The van der Waals surface area contributed by atoms with E-state index in [1.807, 2.05) is 13.0 Å². The van der Waals surface area contributed by atoms with Crippen LogP contribution in [0.4, 0.5) is 5.69 Å². The lowest BCUT2D eigenvalue weighted by Gasteiger charge is -2.13. The van der Waals surface area contributed by atoms with Crippen LogP contribution in [0.5, 0.6) is 0 Å². The summed E-state index contributed by atoms with van der Waals surface area (Å²) in [5, 5.41) is 0. The zero-order chi connectivity index (χ0) is 18.1. The van der Waals surface area contributed by atoms with Crippen LogP contribution < -0.4 is 9.44 Å². The maximum atomic E-state index is 12.6. The van der Waals surface area contributed by atoms with Gasteiger partial charge in [-0.2, -0.15) is 0 Å². The van der Waals surface area contributed by atoms with Crippen molar-refractivity contribution in [2.24, 2.45) is 0 Å². The van der Waals surface area contributed by atoms with Crippen molar-refractivity contribution in [3.05, 3.63) is 53.1 Å². The van der Waals surface area contributed by atoms with E-state index < -0.39 is 20.0 Å². The van der Waals surface area contributed by atoms with E-state index in [1.54, 1.807) is 32.0 Å². The van der Waals surface area contributed by atoms with E-state index >= 15 is 0 Å². The highest BCUT2D eigenvalue weighted by molar-refractivity contribution is 7.92. The molecule has 2 N–H and O–H groups in total. The zero-order valence-corrected chi connectivity index (χ0v) is 15.5. The molecule has 0 saturated carbocycles. The molecule has 2 aromatic carbocycles. The van der Waals surface area contributed by atoms with E-state index in [0.29, 0.717) is 11.1 Å². The molecule has 2 aromatic rings. The van der Waals surface area contributed by atoms with E-state index in [2.05, 4.69) is 9.44 Å². The Morgan fingerprint density at radius 2 is 1.29 bits per heavy atom. The predicted octanol–water partition coefficient (Wildman–Crippen LogP) is 2.32. The lowest BCUT2D eigenvalue weighted by molar-refractivity contribution is 0.587. The van der Waals surface area contributed by atoms with Crippen LogP contribution in [0.3, 0.4) is 0 Å². The molecule has 130 valence electrons. The molecule has 0 saturated heterocycles. The second-order valence-corrected chi connectivity index (χ2v) is 9.07. The largest absolute Gasteiger partial charge is 0.280 e. The average Bonchev–Trinajstić information content (AvgIpc) is 2.51. The Balaban J connectivity index is 2.48. The van der Waals surface area contributed by atoms with Crippen LogP contribution in [0, 0.1) is 20.8 Å². The normalized spacial score (nSPS) is 12.2. The molecule has 0 aromatic heterocycles. The fourth-order valence-corrected chi connectivity index (χ4v) is 4.64. The molecule has 0 spiro atoms. The van der Waals surface area contributed by atoms with Gasteiger partial charge < -0.3 is 0 Å². The molecule has 0 atom stereocenters. The highest BCUT2D eigenvalue weighted by Crippen LogP contribution is 2.24. The van der Waals surface area contributed by atoms with Crippen LogP contribution in [0.2, 0.25) is 0 Å². The van der Waals surface area contributed by atoms with Crippen LogP contribution in [0.1, 0.15) is 16.7 Å². The summed E-state index contributed by atoms with van der Waals surface area (Å²) in [7, 11) is -6.18. The second-order valence-electron chi connectivity index (χ2n) is 5.56. The molecular formula is C16H20N2O4S2. The fourth-order valence-electron chi connectivity index (χ4n) is 2.27. The highest BCUT2D eigenvalue weighted by atomic mass is 32.2. The Labute approximate surface area is 143 Å². The van der Waals surface area contributed by atoms with Crippen molar-refractivity contribution in [3.63, 3.8) is 0 Å². The summed E-state index contributed by atoms with van der Waals surface area (Å²) < 4.78 is 53.9. The number of hydrogen-bond acceptors (Lipinski definition) is 4. The molecule has 8 heteroatoms. The van der Waals surface area contributed by atoms with E-state index in [0.717, 1.165) is 5.56 Å². The van der Waals surface area contributed by atoms with Crippen molar-refractivity contribution in [2.75, 3.05) is 11.8 Å². The van der Waals surface area contributed by atoms with Gasteiger partial charge in [0.05, 0.1) is 15.5 Å². The van der Waals surface area contributed by atoms with Gasteiger partial charge in [-0.25, -0.2) is 21.6 Å². The SMILES string of the molecule is CNS(=O)(=O)c1cc(NS(=O)(=O)c2cc(C)ccc2C)ccc1C. The van der Waals surface area contributed by atoms with Gasteiger partial charge in [0.25, 0.3) is 10.0 Å². The molecule has 0 unspecified atom stereocenters. The Hall–Kier alpha value is -1.90. The van der Waals surface area contributed by atoms with E-state index in [4.69, 9.17) is 0 Å². The summed E-state index contributed by atoms with van der Waals surface area (Å²) in [6.07, 6.45) is 0. The number of nitrogens with one attached hydrogen (secondary N) is 2.